The summed E-state index contributed by atoms with van der Waals surface area (Å²) in [6.07, 6.45) is 6.48. The van der Waals surface area contributed by atoms with E-state index < -0.39 is 0 Å². The van der Waals surface area contributed by atoms with Gasteiger partial charge in [-0.1, -0.05) is 26.8 Å². The van der Waals surface area contributed by atoms with E-state index in [9.17, 15) is 0 Å². The summed E-state index contributed by atoms with van der Waals surface area (Å²) in [7, 11) is 0. The molecule has 0 saturated carbocycles. The molecule has 0 unspecified atom stereocenters. The molecule has 0 radical (unpaired) electrons. The molecular formula is C17H25N3S. The molecule has 0 atom stereocenters. The Bertz CT molecular complexity index is 577. The van der Waals surface area contributed by atoms with Gasteiger partial charge in [-0.3, -0.25) is 0 Å². The maximum atomic E-state index is 4.45. The Morgan fingerprint density at radius 2 is 2.14 bits per heavy atom. The van der Waals surface area contributed by atoms with Gasteiger partial charge in [0.25, 0.3) is 0 Å². The van der Waals surface area contributed by atoms with E-state index in [0.29, 0.717) is 0 Å². The van der Waals surface area contributed by atoms with Gasteiger partial charge in [0.1, 0.15) is 0 Å². The number of piperidine rings is 1. The maximum absolute atomic E-state index is 4.45. The molecule has 4 heteroatoms. The second kappa shape index (κ2) is 5.58. The van der Waals surface area contributed by atoms with Crippen molar-refractivity contribution in [2.45, 2.75) is 51.0 Å². The van der Waals surface area contributed by atoms with Crippen LogP contribution in [0.2, 0.25) is 0 Å². The minimum absolute atomic E-state index is 0.146. The van der Waals surface area contributed by atoms with Crippen LogP contribution in [0.25, 0.3) is 0 Å². The molecule has 1 fully saturated rings. The van der Waals surface area contributed by atoms with Gasteiger partial charge in [0, 0.05) is 34.1 Å². The van der Waals surface area contributed by atoms with Crippen molar-refractivity contribution >= 4 is 11.3 Å². The molecule has 0 amide bonds. The molecule has 1 aliphatic rings. The fourth-order valence-electron chi connectivity index (χ4n) is 3.35. The van der Waals surface area contributed by atoms with E-state index in [4.69, 9.17) is 0 Å². The van der Waals surface area contributed by atoms with Crippen LogP contribution >= 0.6 is 11.3 Å². The third-order valence-corrected chi connectivity index (χ3v) is 6.03. The molecule has 2 aromatic heterocycles. The first-order valence-corrected chi connectivity index (χ1v) is 8.65. The summed E-state index contributed by atoms with van der Waals surface area (Å²) in [6, 6.07) is 4.39. The second-order valence-electron chi connectivity index (χ2n) is 7.08. The summed E-state index contributed by atoms with van der Waals surface area (Å²) in [5.74, 6) is 0. The maximum Gasteiger partial charge on any atom is 0.0948 e. The largest absolute Gasteiger partial charge is 0.333 e. The van der Waals surface area contributed by atoms with Crippen LogP contribution in [-0.2, 0) is 17.4 Å². The van der Waals surface area contributed by atoms with Crippen molar-refractivity contribution < 1.29 is 0 Å². The van der Waals surface area contributed by atoms with E-state index in [2.05, 4.69) is 59.3 Å². The Balaban J connectivity index is 1.86. The number of rotatable bonds is 4. The minimum Gasteiger partial charge on any atom is -0.333 e. The molecule has 3 nitrogen and oxygen atoms in total. The number of nitrogens with zero attached hydrogens (tertiary/aromatic N) is 2. The van der Waals surface area contributed by atoms with Crippen LogP contribution in [0.1, 0.15) is 44.2 Å². The van der Waals surface area contributed by atoms with E-state index >= 15 is 0 Å². The van der Waals surface area contributed by atoms with Gasteiger partial charge < -0.3 is 9.88 Å². The topological polar surface area (TPSA) is 29.9 Å². The Labute approximate surface area is 131 Å². The summed E-state index contributed by atoms with van der Waals surface area (Å²) in [6.45, 7) is 10.2. The van der Waals surface area contributed by atoms with Gasteiger partial charge in [0.2, 0.25) is 0 Å². The van der Waals surface area contributed by atoms with Gasteiger partial charge in [-0.15, -0.1) is 11.3 Å². The fraction of sp³-hybridized carbons (Fsp3) is 0.588. The van der Waals surface area contributed by atoms with E-state index in [-0.39, 0.29) is 10.8 Å². The van der Waals surface area contributed by atoms with Gasteiger partial charge in [-0.05, 0) is 37.4 Å². The van der Waals surface area contributed by atoms with E-state index in [1.807, 2.05) is 17.7 Å². The third-order valence-electron chi connectivity index (χ3n) is 4.79. The summed E-state index contributed by atoms with van der Waals surface area (Å²) < 4.78 is 2.38. The lowest BCUT2D eigenvalue weighted by atomic mass is 9.78. The Morgan fingerprint density at radius 1 is 1.38 bits per heavy atom. The lowest BCUT2D eigenvalue weighted by molar-refractivity contribution is 0.307. The van der Waals surface area contributed by atoms with Gasteiger partial charge in [-0.25, -0.2) is 4.98 Å². The number of nitrogens with one attached hydrogen (secondary N) is 1. The lowest BCUT2D eigenvalue weighted by Gasteiger charge is -2.36. The molecule has 3 heterocycles. The van der Waals surface area contributed by atoms with Crippen LogP contribution in [0, 0.1) is 0 Å². The summed E-state index contributed by atoms with van der Waals surface area (Å²) in [4.78, 5) is 5.90. The monoisotopic (exact) mass is 303 g/mol. The number of thiophene rings is 1. The standard InChI is InChI=1S/C17H25N3S/c1-16(2,15-5-4-10-21-15)12-20-13-19-11-14(20)17(3)6-8-18-9-7-17/h4-5,10-11,13,18H,6-9,12H2,1-3H3. The van der Waals surface area contributed by atoms with Crippen molar-refractivity contribution in [3.8, 4) is 0 Å². The first kappa shape index (κ1) is 14.8. The number of hydrogen-bond acceptors (Lipinski definition) is 3. The first-order chi connectivity index (χ1) is 10.0. The molecule has 114 valence electrons. The zero-order chi connectivity index (χ0) is 14.9. The highest BCUT2D eigenvalue weighted by Crippen LogP contribution is 2.35. The predicted molar refractivity (Wildman–Crippen MR) is 89.0 cm³/mol. The average molecular weight is 303 g/mol. The Hall–Kier alpha value is -1.13. The van der Waals surface area contributed by atoms with Crippen molar-refractivity contribution in [3.63, 3.8) is 0 Å². The van der Waals surface area contributed by atoms with Gasteiger partial charge >= 0.3 is 0 Å². The predicted octanol–water partition coefficient (Wildman–Crippen LogP) is 3.56. The molecule has 0 spiro atoms. The average Bonchev–Trinajstić information content (AvgIpc) is 3.10. The highest BCUT2D eigenvalue weighted by atomic mass is 32.1. The smallest absolute Gasteiger partial charge is 0.0948 e. The zero-order valence-corrected chi connectivity index (χ0v) is 14.0. The quantitative estimate of drug-likeness (QED) is 0.936. The van der Waals surface area contributed by atoms with Crippen LogP contribution in [0.5, 0.6) is 0 Å². The van der Waals surface area contributed by atoms with E-state index in [1.54, 1.807) is 0 Å². The van der Waals surface area contributed by atoms with Crippen molar-refractivity contribution in [1.29, 1.82) is 0 Å². The summed E-state index contributed by atoms with van der Waals surface area (Å²) in [5, 5.41) is 5.63. The Kier molecular flexibility index (Phi) is 3.93. The van der Waals surface area contributed by atoms with Crippen LogP contribution < -0.4 is 5.32 Å². The van der Waals surface area contributed by atoms with Crippen LogP contribution in [0.3, 0.4) is 0 Å². The normalized spacial score (nSPS) is 18.8. The van der Waals surface area contributed by atoms with Gasteiger partial charge in [0.15, 0.2) is 0 Å². The Morgan fingerprint density at radius 3 is 2.81 bits per heavy atom. The van der Waals surface area contributed by atoms with Crippen LogP contribution in [0.4, 0.5) is 0 Å². The summed E-state index contributed by atoms with van der Waals surface area (Å²) in [5.41, 5.74) is 1.80. The van der Waals surface area contributed by atoms with Gasteiger partial charge in [-0.2, -0.15) is 0 Å². The number of imidazole rings is 1. The molecule has 1 saturated heterocycles. The molecule has 2 aromatic rings. The molecule has 1 N–H and O–H groups in total. The molecule has 1 aliphatic heterocycles. The van der Waals surface area contributed by atoms with Crippen molar-refractivity contribution in [2.24, 2.45) is 0 Å². The van der Waals surface area contributed by atoms with Crippen molar-refractivity contribution in [1.82, 2.24) is 14.9 Å². The number of aromatic nitrogens is 2. The highest BCUT2D eigenvalue weighted by molar-refractivity contribution is 7.10. The van der Waals surface area contributed by atoms with Crippen molar-refractivity contribution in [2.75, 3.05) is 13.1 Å². The van der Waals surface area contributed by atoms with Crippen LogP contribution in [0.15, 0.2) is 30.0 Å². The number of hydrogen-bond donors (Lipinski definition) is 1. The highest BCUT2D eigenvalue weighted by Gasteiger charge is 2.33. The lowest BCUT2D eigenvalue weighted by Crippen LogP contribution is -2.39. The first-order valence-electron chi connectivity index (χ1n) is 7.77. The molecule has 0 aromatic carbocycles. The van der Waals surface area contributed by atoms with Crippen molar-refractivity contribution in [3.05, 3.63) is 40.6 Å². The summed E-state index contributed by atoms with van der Waals surface area (Å²) >= 11 is 1.85. The van der Waals surface area contributed by atoms with E-state index in [0.717, 1.165) is 19.6 Å². The molecular weight excluding hydrogens is 278 g/mol. The minimum atomic E-state index is 0.146. The SMILES string of the molecule is CC(C)(Cn1cncc1C1(C)CCNCC1)c1cccs1. The third kappa shape index (κ3) is 2.92. The second-order valence-corrected chi connectivity index (χ2v) is 8.03. The molecule has 0 bridgehead atoms. The zero-order valence-electron chi connectivity index (χ0n) is 13.2. The van der Waals surface area contributed by atoms with Crippen LogP contribution in [-0.4, -0.2) is 22.6 Å². The molecule has 0 aliphatic carbocycles. The molecule has 3 rings (SSSR count). The van der Waals surface area contributed by atoms with E-state index in [1.165, 1.54) is 23.4 Å². The fourth-order valence-corrected chi connectivity index (χ4v) is 4.20. The van der Waals surface area contributed by atoms with Gasteiger partial charge in [0.05, 0.1) is 6.33 Å². The molecule has 21 heavy (non-hydrogen) atoms.